The van der Waals surface area contributed by atoms with Crippen molar-refractivity contribution in [3.05, 3.63) is 23.0 Å². The van der Waals surface area contributed by atoms with Gasteiger partial charge in [0.05, 0.1) is 5.69 Å². The first kappa shape index (κ1) is 11.8. The van der Waals surface area contributed by atoms with E-state index in [1.54, 1.807) is 0 Å². The van der Waals surface area contributed by atoms with E-state index in [1.165, 1.54) is 25.9 Å². The summed E-state index contributed by atoms with van der Waals surface area (Å²) in [5, 5.41) is 8.48. The summed E-state index contributed by atoms with van der Waals surface area (Å²) in [4.78, 5) is 2.51. The van der Waals surface area contributed by atoms with Crippen molar-refractivity contribution in [3.8, 4) is 0 Å². The first-order chi connectivity index (χ1) is 7.78. The molecule has 0 N–H and O–H groups in total. The van der Waals surface area contributed by atoms with E-state index in [-0.39, 0.29) is 0 Å². The minimum Gasteiger partial charge on any atom is -0.303 e. The van der Waals surface area contributed by atoms with Gasteiger partial charge in [0.2, 0.25) is 0 Å². The molecule has 3 nitrogen and oxygen atoms in total. The largest absolute Gasteiger partial charge is 0.303 e. The van der Waals surface area contributed by atoms with Crippen molar-refractivity contribution in [2.45, 2.75) is 26.2 Å². The lowest BCUT2D eigenvalue weighted by atomic mass is 9.93. The lowest BCUT2D eigenvalue weighted by Crippen LogP contribution is -2.36. The van der Waals surface area contributed by atoms with Crippen molar-refractivity contribution in [2.24, 2.45) is 5.92 Å². The Morgan fingerprint density at radius 2 is 2.31 bits per heavy atom. The van der Waals surface area contributed by atoms with Gasteiger partial charge in [0, 0.05) is 6.54 Å². The van der Waals surface area contributed by atoms with Crippen molar-refractivity contribution >= 4 is 11.6 Å². The summed E-state index contributed by atoms with van der Waals surface area (Å²) in [6.07, 6.45) is 3.64. The molecule has 1 aliphatic rings. The Labute approximate surface area is 102 Å². The molecule has 2 heterocycles. The first-order valence-corrected chi connectivity index (χ1v) is 6.36. The zero-order valence-corrected chi connectivity index (χ0v) is 10.5. The van der Waals surface area contributed by atoms with Crippen LogP contribution in [0.15, 0.2) is 12.1 Å². The molecule has 1 unspecified atom stereocenters. The van der Waals surface area contributed by atoms with Crippen LogP contribution in [0.25, 0.3) is 0 Å². The van der Waals surface area contributed by atoms with E-state index in [0.29, 0.717) is 5.15 Å². The Kier molecular flexibility index (Phi) is 4.13. The van der Waals surface area contributed by atoms with Gasteiger partial charge >= 0.3 is 0 Å². The Morgan fingerprint density at radius 3 is 3.00 bits per heavy atom. The highest BCUT2D eigenvalue weighted by Gasteiger charge is 2.19. The third kappa shape index (κ3) is 3.16. The van der Waals surface area contributed by atoms with Gasteiger partial charge in [-0.15, -0.1) is 5.10 Å². The van der Waals surface area contributed by atoms with Gasteiger partial charge in [-0.2, -0.15) is 5.10 Å². The molecule has 1 fully saturated rings. The lowest BCUT2D eigenvalue weighted by molar-refractivity contribution is 0.181. The SMILES string of the molecule is CCN1CCCC(Cc2ccc(Cl)nn2)C1. The second-order valence-corrected chi connectivity index (χ2v) is 4.84. The minimum atomic E-state index is 0.475. The monoisotopic (exact) mass is 239 g/mol. The van der Waals surface area contributed by atoms with Crippen molar-refractivity contribution in [3.63, 3.8) is 0 Å². The zero-order valence-electron chi connectivity index (χ0n) is 9.69. The fourth-order valence-electron chi connectivity index (χ4n) is 2.35. The van der Waals surface area contributed by atoms with Crippen LogP contribution < -0.4 is 0 Å². The molecule has 1 atom stereocenters. The van der Waals surface area contributed by atoms with Crippen LogP contribution in [-0.4, -0.2) is 34.7 Å². The molecule has 1 aromatic heterocycles. The molecule has 1 aromatic rings. The molecular weight excluding hydrogens is 222 g/mol. The molecule has 0 aliphatic carbocycles. The number of rotatable bonds is 3. The molecule has 1 aliphatic heterocycles. The number of likely N-dealkylation sites (tertiary alicyclic amines) is 1. The second-order valence-electron chi connectivity index (χ2n) is 4.45. The fourth-order valence-corrected chi connectivity index (χ4v) is 2.45. The van der Waals surface area contributed by atoms with E-state index >= 15 is 0 Å². The second kappa shape index (κ2) is 5.60. The highest BCUT2D eigenvalue weighted by molar-refractivity contribution is 6.29. The Balaban J connectivity index is 1.91. The van der Waals surface area contributed by atoms with Crippen LogP contribution in [0.4, 0.5) is 0 Å². The van der Waals surface area contributed by atoms with Crippen LogP contribution >= 0.6 is 11.6 Å². The highest BCUT2D eigenvalue weighted by Crippen LogP contribution is 2.19. The van der Waals surface area contributed by atoms with Crippen LogP contribution in [-0.2, 0) is 6.42 Å². The number of halogens is 1. The third-order valence-corrected chi connectivity index (χ3v) is 3.44. The molecule has 0 aromatic carbocycles. The topological polar surface area (TPSA) is 29.0 Å². The van der Waals surface area contributed by atoms with Crippen molar-refractivity contribution in [1.82, 2.24) is 15.1 Å². The van der Waals surface area contributed by atoms with Crippen molar-refractivity contribution in [2.75, 3.05) is 19.6 Å². The first-order valence-electron chi connectivity index (χ1n) is 5.98. The predicted molar refractivity (Wildman–Crippen MR) is 65.6 cm³/mol. The highest BCUT2D eigenvalue weighted by atomic mass is 35.5. The maximum Gasteiger partial charge on any atom is 0.151 e. The third-order valence-electron chi connectivity index (χ3n) is 3.24. The lowest BCUT2D eigenvalue weighted by Gasteiger charge is -2.31. The summed E-state index contributed by atoms with van der Waals surface area (Å²) in [5.74, 6) is 0.726. The maximum absolute atomic E-state index is 5.72. The van der Waals surface area contributed by atoms with Crippen LogP contribution in [0, 0.1) is 5.92 Å². The number of piperidine rings is 1. The standard InChI is InChI=1S/C12H18ClN3/c1-2-16-7-3-4-10(9-16)8-11-5-6-12(13)15-14-11/h5-6,10H,2-4,7-9H2,1H3. The predicted octanol–water partition coefficient (Wildman–Crippen LogP) is 2.40. The number of nitrogens with zero attached hydrogens (tertiary/aromatic N) is 3. The Bertz CT molecular complexity index is 326. The van der Waals surface area contributed by atoms with Crippen LogP contribution in [0.3, 0.4) is 0 Å². The van der Waals surface area contributed by atoms with Gasteiger partial charge < -0.3 is 4.90 Å². The molecule has 1 saturated heterocycles. The Hall–Kier alpha value is -0.670. The maximum atomic E-state index is 5.72. The van der Waals surface area contributed by atoms with E-state index in [4.69, 9.17) is 11.6 Å². The van der Waals surface area contributed by atoms with Gasteiger partial charge in [0.1, 0.15) is 0 Å². The number of hydrogen-bond donors (Lipinski definition) is 0. The molecule has 0 spiro atoms. The average molecular weight is 240 g/mol. The number of hydrogen-bond acceptors (Lipinski definition) is 3. The van der Waals surface area contributed by atoms with E-state index in [1.807, 2.05) is 12.1 Å². The molecular formula is C12H18ClN3. The van der Waals surface area contributed by atoms with Gasteiger partial charge in [0.15, 0.2) is 5.15 Å². The molecule has 0 radical (unpaired) electrons. The summed E-state index contributed by atoms with van der Waals surface area (Å²) in [6, 6.07) is 3.81. The Morgan fingerprint density at radius 1 is 1.44 bits per heavy atom. The molecule has 2 rings (SSSR count). The van der Waals surface area contributed by atoms with E-state index in [9.17, 15) is 0 Å². The van der Waals surface area contributed by atoms with Gasteiger partial charge in [-0.25, -0.2) is 0 Å². The normalized spacial score (nSPS) is 22.2. The van der Waals surface area contributed by atoms with E-state index in [0.717, 1.165) is 24.6 Å². The van der Waals surface area contributed by atoms with Gasteiger partial charge in [-0.3, -0.25) is 0 Å². The van der Waals surface area contributed by atoms with Crippen LogP contribution in [0.2, 0.25) is 5.15 Å². The molecule has 4 heteroatoms. The molecule has 16 heavy (non-hydrogen) atoms. The van der Waals surface area contributed by atoms with E-state index in [2.05, 4.69) is 22.0 Å². The van der Waals surface area contributed by atoms with E-state index < -0.39 is 0 Å². The fraction of sp³-hybridized carbons (Fsp3) is 0.667. The van der Waals surface area contributed by atoms with Gasteiger partial charge in [0.25, 0.3) is 0 Å². The zero-order chi connectivity index (χ0) is 11.4. The number of aromatic nitrogens is 2. The quantitative estimate of drug-likeness (QED) is 0.811. The smallest absolute Gasteiger partial charge is 0.151 e. The minimum absolute atomic E-state index is 0.475. The van der Waals surface area contributed by atoms with Crippen molar-refractivity contribution < 1.29 is 0 Å². The summed E-state index contributed by atoms with van der Waals surface area (Å²) in [6.45, 7) is 5.83. The summed E-state index contributed by atoms with van der Waals surface area (Å²) in [5.41, 5.74) is 1.06. The average Bonchev–Trinajstić information content (AvgIpc) is 2.32. The van der Waals surface area contributed by atoms with Crippen LogP contribution in [0.1, 0.15) is 25.5 Å². The molecule has 0 bridgehead atoms. The summed E-state index contributed by atoms with van der Waals surface area (Å²) in [7, 11) is 0. The van der Waals surface area contributed by atoms with Crippen molar-refractivity contribution in [1.29, 1.82) is 0 Å². The molecule has 88 valence electrons. The van der Waals surface area contributed by atoms with Gasteiger partial charge in [-0.1, -0.05) is 18.5 Å². The summed E-state index contributed by atoms with van der Waals surface area (Å²) < 4.78 is 0. The molecule has 0 saturated carbocycles. The molecule has 0 amide bonds. The van der Waals surface area contributed by atoms with Gasteiger partial charge in [-0.05, 0) is 50.4 Å². The summed E-state index contributed by atoms with van der Waals surface area (Å²) >= 11 is 5.72. The van der Waals surface area contributed by atoms with Crippen LogP contribution in [0.5, 0.6) is 0 Å².